The zero-order valence-electron chi connectivity index (χ0n) is 17.6. The number of nitrogens with one attached hydrogen (secondary N) is 1. The van der Waals surface area contributed by atoms with Gasteiger partial charge in [-0.15, -0.1) is 0 Å². The summed E-state index contributed by atoms with van der Waals surface area (Å²) in [6, 6.07) is 17.0. The van der Waals surface area contributed by atoms with Gasteiger partial charge in [0.1, 0.15) is 0 Å². The van der Waals surface area contributed by atoms with Gasteiger partial charge < -0.3 is 15.6 Å². The lowest BCUT2D eigenvalue weighted by atomic mass is 9.98. The van der Waals surface area contributed by atoms with Gasteiger partial charge in [-0.25, -0.2) is 0 Å². The van der Waals surface area contributed by atoms with Crippen LogP contribution in [0.4, 0.5) is 5.69 Å². The molecule has 2 aliphatic heterocycles. The van der Waals surface area contributed by atoms with Crippen molar-refractivity contribution in [2.75, 3.05) is 37.6 Å². The number of aromatic nitrogens is 1. The number of hydrogen-bond donors (Lipinski definition) is 2. The molecule has 0 unspecified atom stereocenters. The van der Waals surface area contributed by atoms with E-state index in [1.54, 1.807) is 0 Å². The highest BCUT2D eigenvalue weighted by atomic mass is 16.1. The molecule has 5 nitrogen and oxygen atoms in total. The molecule has 3 heterocycles. The van der Waals surface area contributed by atoms with Crippen molar-refractivity contribution in [1.29, 1.82) is 0 Å². The summed E-state index contributed by atoms with van der Waals surface area (Å²) < 4.78 is 0. The van der Waals surface area contributed by atoms with Crippen LogP contribution in [0.3, 0.4) is 0 Å². The Morgan fingerprint density at radius 3 is 2.73 bits per heavy atom. The van der Waals surface area contributed by atoms with E-state index in [4.69, 9.17) is 5.73 Å². The number of nitrogens with zero attached hydrogens (tertiary/aromatic N) is 2. The van der Waals surface area contributed by atoms with Gasteiger partial charge in [0.25, 0.3) is 0 Å². The molecule has 0 atom stereocenters. The second kappa shape index (κ2) is 9.18. The minimum atomic E-state index is -0.267. The molecule has 0 fully saturated rings. The smallest absolute Gasteiger partial charge is 0.236 e. The van der Waals surface area contributed by atoms with Gasteiger partial charge in [0.15, 0.2) is 0 Å². The second-order valence-electron chi connectivity index (χ2n) is 7.92. The molecule has 5 rings (SSSR count). The Kier molecular flexibility index (Phi) is 6.19. The molecule has 0 spiro atoms. The minimum Gasteiger partial charge on any atom is -0.368 e. The Hall–Kier alpha value is -3.05. The van der Waals surface area contributed by atoms with Gasteiger partial charge in [0, 0.05) is 37.0 Å². The molecule has 0 bridgehead atoms. The highest BCUT2D eigenvalue weighted by Crippen LogP contribution is 2.27. The quantitative estimate of drug-likeness (QED) is 0.697. The first kappa shape index (κ1) is 20.2. The highest BCUT2D eigenvalue weighted by Gasteiger charge is 2.19. The van der Waals surface area contributed by atoms with Crippen LogP contribution in [0, 0.1) is 0 Å². The topological polar surface area (TPSA) is 65.4 Å². The number of benzene rings is 2. The van der Waals surface area contributed by atoms with Gasteiger partial charge in [-0.05, 0) is 65.7 Å². The van der Waals surface area contributed by atoms with E-state index < -0.39 is 0 Å². The lowest BCUT2D eigenvalue weighted by Crippen LogP contribution is -2.32. The van der Waals surface area contributed by atoms with Gasteiger partial charge in [0.2, 0.25) is 5.91 Å². The zero-order valence-corrected chi connectivity index (χ0v) is 17.6. The van der Waals surface area contributed by atoms with E-state index in [0.29, 0.717) is 6.54 Å². The molecule has 3 N–H and O–H groups in total. The van der Waals surface area contributed by atoms with Gasteiger partial charge in [-0.1, -0.05) is 37.3 Å². The number of rotatable bonds is 4. The summed E-state index contributed by atoms with van der Waals surface area (Å²) in [5, 5.41) is 1.31. The maximum atomic E-state index is 10.7. The fraction of sp³-hybridized carbons (Fsp3) is 0.320. The van der Waals surface area contributed by atoms with Crippen molar-refractivity contribution in [3.05, 3.63) is 71.9 Å². The maximum absolute atomic E-state index is 10.7. The van der Waals surface area contributed by atoms with Crippen LogP contribution in [0.1, 0.15) is 24.5 Å². The van der Waals surface area contributed by atoms with Crippen LogP contribution in [0.15, 0.2) is 60.8 Å². The summed E-state index contributed by atoms with van der Waals surface area (Å²) in [6.07, 6.45) is 6.57. The standard InChI is InChI=1S/C15H18N2.C10H12N2O/c1-2-17-9-6-12(7-10-17)13-3-4-15-14(11-13)5-8-16-15;11-10(13)7-12-6-5-8-3-1-2-4-9(8)12/h3-6,8,11,16H,2,7,9-10H2,1H3;1-4H,5-7H2,(H2,11,13). The average Bonchev–Trinajstić information content (AvgIpc) is 3.41. The summed E-state index contributed by atoms with van der Waals surface area (Å²) >= 11 is 0. The lowest BCUT2D eigenvalue weighted by Gasteiger charge is -2.24. The number of fused-ring (bicyclic) bond motifs is 2. The highest BCUT2D eigenvalue weighted by molar-refractivity contribution is 5.84. The van der Waals surface area contributed by atoms with Crippen molar-refractivity contribution in [2.24, 2.45) is 5.73 Å². The lowest BCUT2D eigenvalue weighted by molar-refractivity contribution is -0.116. The fourth-order valence-corrected chi connectivity index (χ4v) is 4.27. The van der Waals surface area contributed by atoms with Gasteiger partial charge in [-0.2, -0.15) is 0 Å². The number of nitrogens with two attached hydrogens (primary N) is 1. The number of amides is 1. The molecule has 2 aliphatic rings. The number of primary amides is 1. The summed E-state index contributed by atoms with van der Waals surface area (Å²) in [5.74, 6) is -0.267. The van der Waals surface area contributed by atoms with Crippen molar-refractivity contribution in [2.45, 2.75) is 19.8 Å². The summed E-state index contributed by atoms with van der Waals surface area (Å²) in [5.41, 5.74) is 11.7. The SMILES string of the molecule is CCN1CC=C(c2ccc3[nH]ccc3c2)CC1.NC(=O)CN1CCc2ccccc21. The monoisotopic (exact) mass is 402 g/mol. The number of anilines is 1. The molecule has 0 saturated carbocycles. The first-order valence-electron chi connectivity index (χ1n) is 10.7. The van der Waals surface area contributed by atoms with Crippen LogP contribution < -0.4 is 10.6 Å². The molecule has 30 heavy (non-hydrogen) atoms. The van der Waals surface area contributed by atoms with Crippen LogP contribution in [0.25, 0.3) is 16.5 Å². The van der Waals surface area contributed by atoms with Gasteiger partial charge >= 0.3 is 0 Å². The second-order valence-corrected chi connectivity index (χ2v) is 7.92. The van der Waals surface area contributed by atoms with Crippen LogP contribution >= 0.6 is 0 Å². The molecular formula is C25H30N4O. The van der Waals surface area contributed by atoms with E-state index in [-0.39, 0.29) is 5.91 Å². The predicted molar refractivity (Wildman–Crippen MR) is 125 cm³/mol. The third-order valence-electron chi connectivity index (χ3n) is 5.99. The Bertz CT molecular complexity index is 1050. The van der Waals surface area contributed by atoms with E-state index in [2.05, 4.69) is 53.2 Å². The van der Waals surface area contributed by atoms with Crippen molar-refractivity contribution in [3.63, 3.8) is 0 Å². The number of likely N-dealkylation sites (N-methyl/N-ethyl adjacent to an activating group) is 1. The third kappa shape index (κ3) is 4.57. The summed E-state index contributed by atoms with van der Waals surface area (Å²) in [7, 11) is 0. The van der Waals surface area contributed by atoms with E-state index in [1.165, 1.54) is 40.6 Å². The van der Waals surface area contributed by atoms with Crippen LogP contribution in [-0.4, -0.2) is 48.5 Å². The zero-order chi connectivity index (χ0) is 20.9. The number of aromatic amines is 1. The molecule has 1 aromatic heterocycles. The maximum Gasteiger partial charge on any atom is 0.236 e. The van der Waals surface area contributed by atoms with Crippen molar-refractivity contribution in [3.8, 4) is 0 Å². The molecule has 1 amide bonds. The molecule has 0 aliphatic carbocycles. The minimum absolute atomic E-state index is 0.267. The number of carbonyl (C=O) groups is 1. The van der Waals surface area contributed by atoms with E-state index in [0.717, 1.165) is 31.7 Å². The van der Waals surface area contributed by atoms with Gasteiger partial charge in [-0.3, -0.25) is 9.69 Å². The van der Waals surface area contributed by atoms with Crippen LogP contribution in [-0.2, 0) is 11.2 Å². The molecule has 156 valence electrons. The molecule has 0 radical (unpaired) electrons. The number of H-pyrrole nitrogens is 1. The Balaban J connectivity index is 0.000000151. The number of para-hydroxylation sites is 1. The fourth-order valence-electron chi connectivity index (χ4n) is 4.27. The normalized spacial score (nSPS) is 16.0. The van der Waals surface area contributed by atoms with Gasteiger partial charge in [0.05, 0.1) is 6.54 Å². The van der Waals surface area contributed by atoms with E-state index in [9.17, 15) is 4.79 Å². The molecule has 5 heteroatoms. The van der Waals surface area contributed by atoms with Crippen molar-refractivity contribution in [1.82, 2.24) is 9.88 Å². The Morgan fingerprint density at radius 2 is 1.97 bits per heavy atom. The Morgan fingerprint density at radius 1 is 1.10 bits per heavy atom. The first-order chi connectivity index (χ1) is 14.6. The van der Waals surface area contributed by atoms with Crippen LogP contribution in [0.2, 0.25) is 0 Å². The first-order valence-corrected chi connectivity index (χ1v) is 10.7. The average molecular weight is 403 g/mol. The van der Waals surface area contributed by atoms with E-state index >= 15 is 0 Å². The number of carbonyl (C=O) groups excluding carboxylic acids is 1. The predicted octanol–water partition coefficient (Wildman–Crippen LogP) is 3.81. The molecule has 2 aromatic carbocycles. The molecule has 0 saturated heterocycles. The Labute approximate surface area is 178 Å². The van der Waals surface area contributed by atoms with Crippen molar-refractivity contribution < 1.29 is 4.79 Å². The van der Waals surface area contributed by atoms with E-state index in [1.807, 2.05) is 29.3 Å². The molecule has 3 aromatic rings. The third-order valence-corrected chi connectivity index (χ3v) is 5.99. The summed E-state index contributed by atoms with van der Waals surface area (Å²) in [6.45, 7) is 6.90. The summed E-state index contributed by atoms with van der Waals surface area (Å²) in [4.78, 5) is 18.5. The largest absolute Gasteiger partial charge is 0.368 e. The van der Waals surface area contributed by atoms with Crippen molar-refractivity contribution >= 4 is 28.1 Å². The number of hydrogen-bond acceptors (Lipinski definition) is 3. The van der Waals surface area contributed by atoms with Crippen LogP contribution in [0.5, 0.6) is 0 Å². The molecular weight excluding hydrogens is 372 g/mol.